The van der Waals surface area contributed by atoms with Crippen molar-refractivity contribution in [3.8, 4) is 11.4 Å². The van der Waals surface area contributed by atoms with Gasteiger partial charge in [-0.05, 0) is 43.5 Å². The quantitative estimate of drug-likeness (QED) is 0.573. The van der Waals surface area contributed by atoms with E-state index in [1.54, 1.807) is 0 Å². The first-order chi connectivity index (χ1) is 12.2. The van der Waals surface area contributed by atoms with Crippen molar-refractivity contribution in [1.29, 1.82) is 0 Å². The fourth-order valence-electron chi connectivity index (χ4n) is 4.54. The number of aryl methyl sites for hydroxylation is 1. The fraction of sp³-hybridized carbons (Fsp3) is 0.348. The summed E-state index contributed by atoms with van der Waals surface area (Å²) in [5.41, 5.74) is 6.79. The number of imidazole rings is 1. The van der Waals surface area contributed by atoms with Crippen molar-refractivity contribution >= 4 is 0 Å². The van der Waals surface area contributed by atoms with Gasteiger partial charge in [-0.1, -0.05) is 49.2 Å². The molecule has 0 N–H and O–H groups in total. The Morgan fingerprint density at radius 3 is 2.16 bits per heavy atom. The highest BCUT2D eigenvalue weighted by atomic mass is 15.2. The van der Waals surface area contributed by atoms with Crippen LogP contribution in [0.25, 0.3) is 11.4 Å². The minimum absolute atomic E-state index is 0.671. The summed E-state index contributed by atoms with van der Waals surface area (Å²) in [6, 6.07) is 19.5. The normalized spacial score (nSPS) is 15.0. The zero-order valence-corrected chi connectivity index (χ0v) is 15.5. The first-order valence-electron chi connectivity index (χ1n) is 9.43. The molecule has 0 unspecified atom stereocenters. The Kier molecular flexibility index (Phi) is 4.20. The van der Waals surface area contributed by atoms with Crippen molar-refractivity contribution < 1.29 is 4.57 Å². The topological polar surface area (TPSA) is 8.81 Å². The predicted molar refractivity (Wildman–Crippen MR) is 103 cm³/mol. The molecule has 1 saturated carbocycles. The number of para-hydroxylation sites is 2. The van der Waals surface area contributed by atoms with Crippen LogP contribution in [0.5, 0.6) is 0 Å². The predicted octanol–water partition coefficient (Wildman–Crippen LogP) is 5.34. The van der Waals surface area contributed by atoms with Gasteiger partial charge in [-0.25, -0.2) is 0 Å². The second-order valence-corrected chi connectivity index (χ2v) is 7.29. The minimum Gasteiger partial charge on any atom is -0.197 e. The highest BCUT2D eigenvalue weighted by Crippen LogP contribution is 2.37. The Labute approximate surface area is 150 Å². The van der Waals surface area contributed by atoms with Crippen LogP contribution in [-0.2, 0) is 0 Å². The van der Waals surface area contributed by atoms with Gasteiger partial charge in [-0.15, -0.1) is 0 Å². The van der Waals surface area contributed by atoms with Crippen LogP contribution in [0.15, 0.2) is 54.6 Å². The number of benzene rings is 2. The van der Waals surface area contributed by atoms with Gasteiger partial charge in [-0.2, -0.15) is 9.13 Å². The van der Waals surface area contributed by atoms with E-state index in [1.807, 2.05) is 0 Å². The van der Waals surface area contributed by atoms with Gasteiger partial charge in [0.1, 0.15) is 17.1 Å². The zero-order chi connectivity index (χ0) is 17.4. The molecule has 0 amide bonds. The van der Waals surface area contributed by atoms with Crippen molar-refractivity contribution in [2.75, 3.05) is 0 Å². The molecule has 3 aromatic rings. The van der Waals surface area contributed by atoms with Gasteiger partial charge < -0.3 is 0 Å². The SMILES string of the molecule is Cc1ccccc1-[n+]1c(C)c(C2CCCC2)n(-c2ccccc2)c1C. The molecule has 0 saturated heterocycles. The van der Waals surface area contributed by atoms with Crippen LogP contribution in [0.3, 0.4) is 0 Å². The molecule has 2 nitrogen and oxygen atoms in total. The summed E-state index contributed by atoms with van der Waals surface area (Å²) in [5, 5.41) is 0. The monoisotopic (exact) mass is 331 g/mol. The number of nitrogens with zero attached hydrogens (tertiary/aromatic N) is 2. The van der Waals surface area contributed by atoms with E-state index in [4.69, 9.17) is 0 Å². The van der Waals surface area contributed by atoms with Crippen molar-refractivity contribution in [2.45, 2.75) is 52.4 Å². The van der Waals surface area contributed by atoms with Crippen LogP contribution in [-0.4, -0.2) is 4.57 Å². The Hall–Kier alpha value is -2.35. The summed E-state index contributed by atoms with van der Waals surface area (Å²) >= 11 is 0. The average molecular weight is 331 g/mol. The molecule has 0 aliphatic heterocycles. The van der Waals surface area contributed by atoms with Gasteiger partial charge in [-0.3, -0.25) is 0 Å². The van der Waals surface area contributed by atoms with E-state index in [0.717, 1.165) is 0 Å². The first kappa shape index (κ1) is 16.1. The third-order valence-corrected chi connectivity index (χ3v) is 5.71. The molecule has 0 bridgehead atoms. The lowest BCUT2D eigenvalue weighted by atomic mass is 10.0. The lowest BCUT2D eigenvalue weighted by Gasteiger charge is -2.09. The van der Waals surface area contributed by atoms with E-state index < -0.39 is 0 Å². The zero-order valence-electron chi connectivity index (χ0n) is 15.5. The molecule has 0 spiro atoms. The third kappa shape index (κ3) is 2.70. The minimum atomic E-state index is 0.671. The number of aromatic nitrogens is 2. The lowest BCUT2D eigenvalue weighted by molar-refractivity contribution is -0.609. The molecule has 128 valence electrons. The largest absolute Gasteiger partial charge is 0.264 e. The molecule has 1 aliphatic rings. The van der Waals surface area contributed by atoms with Gasteiger partial charge in [0.2, 0.25) is 0 Å². The molecule has 1 aromatic heterocycles. The van der Waals surface area contributed by atoms with Crippen molar-refractivity contribution in [3.05, 3.63) is 77.4 Å². The van der Waals surface area contributed by atoms with Gasteiger partial charge >= 0.3 is 0 Å². The molecule has 1 aliphatic carbocycles. The molecule has 2 heteroatoms. The fourth-order valence-corrected chi connectivity index (χ4v) is 4.54. The molecule has 0 radical (unpaired) electrons. The summed E-state index contributed by atoms with van der Waals surface area (Å²) in [6.45, 7) is 6.76. The third-order valence-electron chi connectivity index (χ3n) is 5.71. The summed E-state index contributed by atoms with van der Waals surface area (Å²) < 4.78 is 4.95. The number of hydrogen-bond donors (Lipinski definition) is 0. The summed E-state index contributed by atoms with van der Waals surface area (Å²) in [5.74, 6) is 1.96. The summed E-state index contributed by atoms with van der Waals surface area (Å²) in [4.78, 5) is 0. The lowest BCUT2D eigenvalue weighted by Crippen LogP contribution is -2.36. The second kappa shape index (κ2) is 6.51. The van der Waals surface area contributed by atoms with Gasteiger partial charge in [0, 0.05) is 19.8 Å². The standard InChI is InChI=1S/C23H27N2/c1-17-11-7-10-16-22(17)24-18(2)23(20-12-8-9-13-20)25(19(24)3)21-14-5-4-6-15-21/h4-7,10-11,14-16,20H,8-9,12-13H2,1-3H3/q+1. The van der Waals surface area contributed by atoms with E-state index in [9.17, 15) is 0 Å². The van der Waals surface area contributed by atoms with Crippen LogP contribution < -0.4 is 4.57 Å². The first-order valence-corrected chi connectivity index (χ1v) is 9.43. The van der Waals surface area contributed by atoms with E-state index in [1.165, 1.54) is 59.8 Å². The Morgan fingerprint density at radius 2 is 1.48 bits per heavy atom. The summed E-state index contributed by atoms with van der Waals surface area (Å²) in [7, 11) is 0. The van der Waals surface area contributed by atoms with Crippen molar-refractivity contribution in [2.24, 2.45) is 0 Å². The molecule has 4 rings (SSSR count). The maximum atomic E-state index is 2.50. The van der Waals surface area contributed by atoms with Crippen LogP contribution in [0.1, 0.15) is 54.4 Å². The van der Waals surface area contributed by atoms with Gasteiger partial charge in [0.15, 0.2) is 5.69 Å². The Bertz CT molecular complexity index is 884. The van der Waals surface area contributed by atoms with Crippen LogP contribution in [0.2, 0.25) is 0 Å². The molecule has 1 heterocycles. The highest BCUT2D eigenvalue weighted by molar-refractivity contribution is 5.39. The molecule has 0 atom stereocenters. The smallest absolute Gasteiger partial charge is 0.197 e. The second-order valence-electron chi connectivity index (χ2n) is 7.29. The van der Waals surface area contributed by atoms with E-state index >= 15 is 0 Å². The Morgan fingerprint density at radius 1 is 0.840 bits per heavy atom. The molecule has 2 aromatic carbocycles. The maximum Gasteiger partial charge on any atom is 0.264 e. The molecule has 1 fully saturated rings. The van der Waals surface area contributed by atoms with Crippen molar-refractivity contribution in [3.63, 3.8) is 0 Å². The summed E-state index contributed by atoms with van der Waals surface area (Å²) in [6.07, 6.45) is 5.33. The Balaban J connectivity index is 2.00. The average Bonchev–Trinajstić information content (AvgIpc) is 3.23. The molecular weight excluding hydrogens is 304 g/mol. The number of rotatable bonds is 3. The van der Waals surface area contributed by atoms with Crippen LogP contribution in [0, 0.1) is 20.8 Å². The van der Waals surface area contributed by atoms with E-state index in [0.29, 0.717) is 5.92 Å². The maximum absolute atomic E-state index is 2.50. The molecule has 25 heavy (non-hydrogen) atoms. The van der Waals surface area contributed by atoms with Crippen LogP contribution >= 0.6 is 0 Å². The molecular formula is C23H27N2+. The van der Waals surface area contributed by atoms with E-state index in [-0.39, 0.29) is 0 Å². The number of hydrogen-bond acceptors (Lipinski definition) is 0. The van der Waals surface area contributed by atoms with Gasteiger partial charge in [0.05, 0.1) is 0 Å². The van der Waals surface area contributed by atoms with Gasteiger partial charge in [0.25, 0.3) is 5.82 Å². The highest BCUT2D eigenvalue weighted by Gasteiger charge is 2.34. The van der Waals surface area contributed by atoms with Crippen LogP contribution in [0.4, 0.5) is 0 Å². The van der Waals surface area contributed by atoms with E-state index in [2.05, 4.69) is 84.5 Å². The van der Waals surface area contributed by atoms with Crippen molar-refractivity contribution in [1.82, 2.24) is 4.57 Å².